The van der Waals surface area contributed by atoms with E-state index in [2.05, 4.69) is 28.5 Å². The van der Waals surface area contributed by atoms with Crippen LogP contribution in [0, 0.1) is 13.8 Å². The number of aryl methyl sites for hydroxylation is 3. The summed E-state index contributed by atoms with van der Waals surface area (Å²) in [6, 6.07) is 8.54. The van der Waals surface area contributed by atoms with Gasteiger partial charge in [0, 0.05) is 0 Å². The summed E-state index contributed by atoms with van der Waals surface area (Å²) >= 11 is 1.47. The molecule has 1 unspecified atom stereocenters. The molecule has 104 valence electrons. The number of fused-ring (bicyclic) bond motifs is 1. The highest BCUT2D eigenvalue weighted by Crippen LogP contribution is 2.30. The van der Waals surface area contributed by atoms with Gasteiger partial charge < -0.3 is 5.32 Å². The minimum absolute atomic E-state index is 0.00908. The molecule has 0 spiro atoms. The van der Waals surface area contributed by atoms with Crippen LogP contribution in [0.5, 0.6) is 0 Å². The van der Waals surface area contributed by atoms with Crippen LogP contribution in [-0.4, -0.2) is 10.9 Å². The molecule has 3 rings (SSSR count). The Morgan fingerprint density at radius 2 is 2.15 bits per heavy atom. The lowest BCUT2D eigenvalue weighted by molar-refractivity contribution is 0.0936. The zero-order valence-electron chi connectivity index (χ0n) is 11.8. The zero-order chi connectivity index (χ0) is 14.1. The van der Waals surface area contributed by atoms with E-state index in [-0.39, 0.29) is 11.9 Å². The Balaban J connectivity index is 1.82. The van der Waals surface area contributed by atoms with Crippen molar-refractivity contribution in [2.45, 2.75) is 39.2 Å². The van der Waals surface area contributed by atoms with E-state index >= 15 is 0 Å². The van der Waals surface area contributed by atoms with E-state index in [1.54, 1.807) is 0 Å². The number of hydrogen-bond acceptors (Lipinski definition) is 3. The first-order valence-electron chi connectivity index (χ1n) is 6.98. The predicted molar refractivity (Wildman–Crippen MR) is 81.2 cm³/mol. The number of benzene rings is 1. The van der Waals surface area contributed by atoms with Crippen molar-refractivity contribution in [1.82, 2.24) is 10.3 Å². The fraction of sp³-hybridized carbons (Fsp3) is 0.375. The van der Waals surface area contributed by atoms with Crippen LogP contribution in [0.4, 0.5) is 0 Å². The monoisotopic (exact) mass is 286 g/mol. The van der Waals surface area contributed by atoms with Gasteiger partial charge in [-0.3, -0.25) is 4.79 Å². The van der Waals surface area contributed by atoms with Gasteiger partial charge in [0.1, 0.15) is 4.88 Å². The number of amides is 1. The summed E-state index contributed by atoms with van der Waals surface area (Å²) in [5.41, 5.74) is 3.46. The van der Waals surface area contributed by atoms with Gasteiger partial charge in [0.25, 0.3) is 5.91 Å². The third-order valence-corrected chi connectivity index (χ3v) is 4.86. The largest absolute Gasteiger partial charge is 0.344 e. The molecule has 0 radical (unpaired) electrons. The van der Waals surface area contributed by atoms with E-state index in [1.165, 1.54) is 22.5 Å². The quantitative estimate of drug-likeness (QED) is 0.917. The smallest absolute Gasteiger partial charge is 0.263 e. The maximum atomic E-state index is 12.4. The summed E-state index contributed by atoms with van der Waals surface area (Å²) in [4.78, 5) is 17.5. The SMILES string of the molecule is Cc1nc(C)c(C(=O)NC2CCCc3ccccc32)s1. The molecule has 0 aliphatic heterocycles. The van der Waals surface area contributed by atoms with Gasteiger partial charge in [-0.05, 0) is 44.2 Å². The lowest BCUT2D eigenvalue weighted by Gasteiger charge is -2.26. The first-order chi connectivity index (χ1) is 9.65. The number of nitrogens with one attached hydrogen (secondary N) is 1. The van der Waals surface area contributed by atoms with Crippen LogP contribution in [0.2, 0.25) is 0 Å². The molecule has 1 heterocycles. The number of carbonyl (C=O) groups is 1. The van der Waals surface area contributed by atoms with Gasteiger partial charge in [-0.2, -0.15) is 0 Å². The molecular formula is C16H18N2OS. The molecule has 1 aromatic heterocycles. The molecule has 1 aromatic carbocycles. The molecule has 20 heavy (non-hydrogen) atoms. The van der Waals surface area contributed by atoms with Crippen molar-refractivity contribution in [2.24, 2.45) is 0 Å². The minimum atomic E-state index is 0.00908. The minimum Gasteiger partial charge on any atom is -0.344 e. The summed E-state index contributed by atoms with van der Waals surface area (Å²) < 4.78 is 0. The number of thiazole rings is 1. The number of rotatable bonds is 2. The number of hydrogen-bond donors (Lipinski definition) is 1. The van der Waals surface area contributed by atoms with Crippen LogP contribution >= 0.6 is 11.3 Å². The molecule has 0 bridgehead atoms. The van der Waals surface area contributed by atoms with Gasteiger partial charge in [0.15, 0.2) is 0 Å². The molecule has 1 aliphatic rings. The van der Waals surface area contributed by atoms with Crippen LogP contribution in [0.25, 0.3) is 0 Å². The van der Waals surface area contributed by atoms with E-state index in [1.807, 2.05) is 19.9 Å². The average Bonchev–Trinajstić information content (AvgIpc) is 2.78. The summed E-state index contributed by atoms with van der Waals surface area (Å²) in [6.45, 7) is 3.83. The van der Waals surface area contributed by atoms with Gasteiger partial charge in [-0.15, -0.1) is 11.3 Å². The van der Waals surface area contributed by atoms with Crippen molar-refractivity contribution in [3.05, 3.63) is 51.0 Å². The predicted octanol–water partition coefficient (Wildman–Crippen LogP) is 3.57. The topological polar surface area (TPSA) is 42.0 Å². The number of nitrogens with zero attached hydrogens (tertiary/aromatic N) is 1. The Hall–Kier alpha value is -1.68. The maximum Gasteiger partial charge on any atom is 0.263 e. The van der Waals surface area contributed by atoms with Crippen molar-refractivity contribution in [1.29, 1.82) is 0 Å². The fourth-order valence-corrected chi connectivity index (χ4v) is 3.69. The summed E-state index contributed by atoms with van der Waals surface area (Å²) in [7, 11) is 0. The lowest BCUT2D eigenvalue weighted by atomic mass is 9.88. The molecular weight excluding hydrogens is 268 g/mol. The average molecular weight is 286 g/mol. The van der Waals surface area contributed by atoms with Crippen LogP contribution in [0.1, 0.15) is 50.4 Å². The molecule has 0 saturated carbocycles. The van der Waals surface area contributed by atoms with Crippen molar-refractivity contribution in [3.63, 3.8) is 0 Å². The first-order valence-corrected chi connectivity index (χ1v) is 7.79. The standard InChI is InChI=1S/C16H18N2OS/c1-10-15(20-11(2)17-10)16(19)18-14-9-5-7-12-6-3-4-8-13(12)14/h3-4,6,8,14H,5,7,9H2,1-2H3,(H,18,19). The molecule has 2 aromatic rings. The maximum absolute atomic E-state index is 12.4. The van der Waals surface area contributed by atoms with E-state index in [0.717, 1.165) is 34.8 Å². The molecule has 4 heteroatoms. The highest BCUT2D eigenvalue weighted by molar-refractivity contribution is 7.13. The number of carbonyl (C=O) groups excluding carboxylic acids is 1. The van der Waals surface area contributed by atoms with E-state index in [0.29, 0.717) is 0 Å². The Morgan fingerprint density at radius 1 is 1.35 bits per heavy atom. The highest BCUT2D eigenvalue weighted by Gasteiger charge is 2.23. The summed E-state index contributed by atoms with van der Waals surface area (Å²) in [5, 5.41) is 4.12. The third-order valence-electron chi connectivity index (χ3n) is 3.78. The molecule has 0 fully saturated rings. The van der Waals surface area contributed by atoms with Gasteiger partial charge in [0.2, 0.25) is 0 Å². The van der Waals surface area contributed by atoms with E-state index in [4.69, 9.17) is 0 Å². The molecule has 1 atom stereocenters. The van der Waals surface area contributed by atoms with Crippen LogP contribution in [0.15, 0.2) is 24.3 Å². The Labute approximate surface area is 123 Å². The molecule has 0 saturated heterocycles. The van der Waals surface area contributed by atoms with Crippen molar-refractivity contribution in [2.75, 3.05) is 0 Å². The lowest BCUT2D eigenvalue weighted by Crippen LogP contribution is -2.30. The molecule has 1 amide bonds. The van der Waals surface area contributed by atoms with Crippen molar-refractivity contribution < 1.29 is 4.79 Å². The fourth-order valence-electron chi connectivity index (χ4n) is 2.87. The van der Waals surface area contributed by atoms with Crippen LogP contribution in [0.3, 0.4) is 0 Å². The van der Waals surface area contributed by atoms with Crippen molar-refractivity contribution in [3.8, 4) is 0 Å². The number of aromatic nitrogens is 1. The summed E-state index contributed by atoms with van der Waals surface area (Å²) in [6.07, 6.45) is 3.25. The Morgan fingerprint density at radius 3 is 2.90 bits per heavy atom. The second-order valence-electron chi connectivity index (χ2n) is 5.26. The van der Waals surface area contributed by atoms with Gasteiger partial charge in [0.05, 0.1) is 16.7 Å². The van der Waals surface area contributed by atoms with E-state index < -0.39 is 0 Å². The Kier molecular flexibility index (Phi) is 3.57. The van der Waals surface area contributed by atoms with Crippen LogP contribution in [-0.2, 0) is 6.42 Å². The van der Waals surface area contributed by atoms with Gasteiger partial charge in [-0.1, -0.05) is 24.3 Å². The Bertz CT molecular complexity index is 648. The normalized spacial score (nSPS) is 17.6. The van der Waals surface area contributed by atoms with E-state index in [9.17, 15) is 4.79 Å². The highest BCUT2D eigenvalue weighted by atomic mass is 32.1. The first kappa shape index (κ1) is 13.3. The second-order valence-corrected chi connectivity index (χ2v) is 6.47. The summed E-state index contributed by atoms with van der Waals surface area (Å²) in [5.74, 6) is 0.00908. The van der Waals surface area contributed by atoms with Gasteiger partial charge >= 0.3 is 0 Å². The van der Waals surface area contributed by atoms with Crippen molar-refractivity contribution >= 4 is 17.2 Å². The van der Waals surface area contributed by atoms with Crippen LogP contribution < -0.4 is 5.32 Å². The second kappa shape index (κ2) is 5.37. The molecule has 1 aliphatic carbocycles. The third kappa shape index (κ3) is 2.48. The zero-order valence-corrected chi connectivity index (χ0v) is 12.6. The van der Waals surface area contributed by atoms with Gasteiger partial charge in [-0.25, -0.2) is 4.98 Å². The molecule has 1 N–H and O–H groups in total. The molecule has 3 nitrogen and oxygen atoms in total.